The van der Waals surface area contributed by atoms with Gasteiger partial charge in [0.1, 0.15) is 6.10 Å². The molecule has 0 heterocycles. The third kappa shape index (κ3) is 3.01. The normalized spacial score (nSPS) is 40.3. The lowest BCUT2D eigenvalue weighted by atomic mass is 9.59. The van der Waals surface area contributed by atoms with E-state index in [4.69, 9.17) is 4.74 Å². The number of aryl methyl sites for hydroxylation is 3. The first-order chi connectivity index (χ1) is 16.7. The Balaban J connectivity index is 1.64. The molecular weight excluding hydrogens is 456 g/mol. The molecule has 1 aromatic carbocycles. The summed E-state index contributed by atoms with van der Waals surface area (Å²) in [6, 6.07) is 3.81. The highest BCUT2D eigenvalue weighted by atomic mass is 16.6. The van der Waals surface area contributed by atoms with E-state index in [0.29, 0.717) is 17.1 Å². The molecule has 8 atom stereocenters. The van der Waals surface area contributed by atoms with Gasteiger partial charge in [0.2, 0.25) is 0 Å². The number of carbonyl (C=O) groups is 2. The lowest BCUT2D eigenvalue weighted by molar-refractivity contribution is -0.190. The minimum absolute atomic E-state index is 0.0373. The predicted molar refractivity (Wildman–Crippen MR) is 135 cm³/mol. The second-order valence-corrected chi connectivity index (χ2v) is 12.4. The summed E-state index contributed by atoms with van der Waals surface area (Å²) in [5.74, 6) is -1.20. The number of ether oxygens (including phenoxy) is 1. The van der Waals surface area contributed by atoms with E-state index in [1.54, 1.807) is 19.1 Å². The van der Waals surface area contributed by atoms with Crippen LogP contribution in [0.4, 0.5) is 0 Å². The Labute approximate surface area is 213 Å². The largest absolute Gasteiger partial charge is 0.451 e. The van der Waals surface area contributed by atoms with Gasteiger partial charge in [-0.25, -0.2) is 4.79 Å². The molecule has 1 aromatic rings. The van der Waals surface area contributed by atoms with Crippen molar-refractivity contribution in [2.45, 2.75) is 72.7 Å². The number of rotatable bonds is 3. The van der Waals surface area contributed by atoms with Crippen LogP contribution < -0.4 is 0 Å². The van der Waals surface area contributed by atoms with E-state index in [0.717, 1.165) is 23.1 Å². The molecule has 4 aliphatic carbocycles. The summed E-state index contributed by atoms with van der Waals surface area (Å²) in [5, 5.41) is 34.4. The predicted octanol–water partition coefficient (Wildman–Crippen LogP) is 3.61. The lowest BCUT2D eigenvalue weighted by Gasteiger charge is -2.48. The van der Waals surface area contributed by atoms with E-state index >= 15 is 0 Å². The van der Waals surface area contributed by atoms with Crippen LogP contribution in [0.1, 0.15) is 61.2 Å². The van der Waals surface area contributed by atoms with Gasteiger partial charge in [0.15, 0.2) is 17.5 Å². The smallest absolute Gasteiger partial charge is 0.339 e. The lowest BCUT2D eigenvalue weighted by Crippen LogP contribution is -2.65. The minimum atomic E-state index is -2.13. The molecule has 0 unspecified atom stereocenters. The summed E-state index contributed by atoms with van der Waals surface area (Å²) in [4.78, 5) is 27.9. The molecule has 0 aromatic heterocycles. The Kier molecular flexibility index (Phi) is 5.54. The number of ketones is 1. The second kappa shape index (κ2) is 7.86. The Morgan fingerprint density at radius 1 is 1.14 bits per heavy atom. The van der Waals surface area contributed by atoms with Gasteiger partial charge in [0.05, 0.1) is 17.6 Å². The fourth-order valence-electron chi connectivity index (χ4n) is 8.26. The molecule has 6 heteroatoms. The molecule has 194 valence electrons. The van der Waals surface area contributed by atoms with E-state index in [-0.39, 0.29) is 28.6 Å². The van der Waals surface area contributed by atoms with E-state index in [1.165, 1.54) is 0 Å². The first kappa shape index (κ1) is 25.4. The standard InChI is InChI=1S/C30H38O6/c1-14-8-15(2)22(16(3)9-14)27(34)36-26-17(4)12-29-18(5)10-21-23(28(21,6)7)20(25(29)33)11-19(13-31)24(32)30(26,29)35/h8-9,11-12,18,20-21,23-24,26,31-32,35H,10,13H2,1-7H3/t18-,20+,21-,23+,24-,26+,29+,30+/m1/s1. The molecule has 0 amide bonds. The molecule has 2 fully saturated rings. The van der Waals surface area contributed by atoms with Crippen LogP contribution in [0.5, 0.6) is 0 Å². The third-order valence-corrected chi connectivity index (χ3v) is 10.0. The molecule has 0 radical (unpaired) electrons. The summed E-state index contributed by atoms with van der Waals surface area (Å²) in [5.41, 5.74) is 0.124. The quantitative estimate of drug-likeness (QED) is 0.438. The highest BCUT2D eigenvalue weighted by Crippen LogP contribution is 2.71. The molecule has 0 aliphatic heterocycles. The van der Waals surface area contributed by atoms with Crippen molar-refractivity contribution in [1.82, 2.24) is 0 Å². The third-order valence-electron chi connectivity index (χ3n) is 10.0. The summed E-state index contributed by atoms with van der Waals surface area (Å²) >= 11 is 0. The molecule has 4 aliphatic rings. The number of Topliss-reactive ketones (excluding diaryl/α,β-unsaturated/α-hetero) is 1. The van der Waals surface area contributed by atoms with Crippen LogP contribution >= 0.6 is 0 Å². The highest BCUT2D eigenvalue weighted by Gasteiger charge is 2.76. The van der Waals surface area contributed by atoms with Gasteiger partial charge in [-0.1, -0.05) is 50.6 Å². The van der Waals surface area contributed by atoms with Crippen molar-refractivity contribution in [2.75, 3.05) is 6.61 Å². The van der Waals surface area contributed by atoms with Crippen LogP contribution in [0.3, 0.4) is 0 Å². The zero-order chi connectivity index (χ0) is 26.5. The van der Waals surface area contributed by atoms with E-state index < -0.39 is 41.7 Å². The zero-order valence-electron chi connectivity index (χ0n) is 22.3. The van der Waals surface area contributed by atoms with Gasteiger partial charge >= 0.3 is 5.97 Å². The average Bonchev–Trinajstić information content (AvgIpc) is 3.27. The van der Waals surface area contributed by atoms with Gasteiger partial charge in [0.25, 0.3) is 0 Å². The summed E-state index contributed by atoms with van der Waals surface area (Å²) in [6.45, 7) is 13.2. The first-order valence-corrected chi connectivity index (χ1v) is 13.0. The maximum atomic E-state index is 14.4. The number of esters is 1. The van der Waals surface area contributed by atoms with Gasteiger partial charge in [-0.05, 0) is 79.6 Å². The first-order valence-electron chi connectivity index (χ1n) is 13.0. The SMILES string of the molecule is CC1=C[C@]23C(=O)[C@@H](C=C(CO)[C@@H](O)[C@]2(O)[C@H]1OC(=O)c1c(C)cc(C)cc1C)[C@H]1[C@@H](C[C@H]3C)C1(C)C. The molecule has 5 rings (SSSR count). The number of aliphatic hydroxyl groups excluding tert-OH is 2. The van der Waals surface area contributed by atoms with E-state index in [9.17, 15) is 24.9 Å². The Morgan fingerprint density at radius 3 is 2.33 bits per heavy atom. The van der Waals surface area contributed by atoms with Gasteiger partial charge in [-0.15, -0.1) is 0 Å². The molecule has 2 saturated carbocycles. The van der Waals surface area contributed by atoms with Crippen molar-refractivity contribution < 1.29 is 29.6 Å². The number of carbonyl (C=O) groups excluding carboxylic acids is 2. The van der Waals surface area contributed by atoms with Crippen molar-refractivity contribution in [3.05, 3.63) is 57.7 Å². The van der Waals surface area contributed by atoms with Crippen LogP contribution in [0.15, 0.2) is 35.4 Å². The number of hydrogen-bond donors (Lipinski definition) is 3. The van der Waals surface area contributed by atoms with Crippen LogP contribution in [-0.4, -0.2) is 51.5 Å². The van der Waals surface area contributed by atoms with Crippen LogP contribution in [0, 0.1) is 55.3 Å². The van der Waals surface area contributed by atoms with Crippen molar-refractivity contribution in [1.29, 1.82) is 0 Å². The maximum Gasteiger partial charge on any atom is 0.339 e. The Hall–Kier alpha value is -2.28. The minimum Gasteiger partial charge on any atom is -0.451 e. The molecular formula is C30H38O6. The molecule has 36 heavy (non-hydrogen) atoms. The van der Waals surface area contributed by atoms with Crippen LogP contribution in [0.2, 0.25) is 0 Å². The Bertz CT molecular complexity index is 1200. The summed E-state index contributed by atoms with van der Waals surface area (Å²) < 4.78 is 6.03. The second-order valence-electron chi connectivity index (χ2n) is 12.4. The molecule has 1 spiro atoms. The van der Waals surface area contributed by atoms with Crippen molar-refractivity contribution in [3.8, 4) is 0 Å². The monoisotopic (exact) mass is 494 g/mol. The van der Waals surface area contributed by atoms with Crippen molar-refractivity contribution >= 4 is 11.8 Å². The van der Waals surface area contributed by atoms with Gasteiger partial charge in [-0.2, -0.15) is 0 Å². The molecule has 3 N–H and O–H groups in total. The van der Waals surface area contributed by atoms with Crippen LogP contribution in [0.25, 0.3) is 0 Å². The Morgan fingerprint density at radius 2 is 1.75 bits per heavy atom. The van der Waals surface area contributed by atoms with Crippen LogP contribution in [-0.2, 0) is 9.53 Å². The summed E-state index contributed by atoms with van der Waals surface area (Å²) in [6.07, 6.45) is 1.37. The molecule has 6 nitrogen and oxygen atoms in total. The number of allylic oxidation sites excluding steroid dienone is 1. The number of benzene rings is 1. The number of fused-ring (bicyclic) bond motifs is 3. The maximum absolute atomic E-state index is 14.4. The topological polar surface area (TPSA) is 104 Å². The fourth-order valence-corrected chi connectivity index (χ4v) is 8.26. The van der Waals surface area contributed by atoms with E-state index in [1.807, 2.05) is 39.8 Å². The van der Waals surface area contributed by atoms with Gasteiger partial charge < -0.3 is 20.1 Å². The van der Waals surface area contributed by atoms with Gasteiger partial charge in [0, 0.05) is 5.92 Å². The van der Waals surface area contributed by atoms with E-state index in [2.05, 4.69) is 13.8 Å². The fraction of sp³-hybridized carbons (Fsp3) is 0.600. The van der Waals surface area contributed by atoms with Crippen molar-refractivity contribution in [3.63, 3.8) is 0 Å². The number of hydrogen-bond acceptors (Lipinski definition) is 6. The molecule has 2 bridgehead atoms. The summed E-state index contributed by atoms with van der Waals surface area (Å²) in [7, 11) is 0. The zero-order valence-corrected chi connectivity index (χ0v) is 22.3. The van der Waals surface area contributed by atoms with Gasteiger partial charge in [-0.3, -0.25) is 4.79 Å². The number of aliphatic hydroxyl groups is 3. The van der Waals surface area contributed by atoms with Crippen molar-refractivity contribution in [2.24, 2.45) is 34.5 Å². The highest BCUT2D eigenvalue weighted by molar-refractivity contribution is 5.96. The molecule has 0 saturated heterocycles. The average molecular weight is 495 g/mol.